The molecule has 22 heavy (non-hydrogen) atoms. The number of H-pyrrole nitrogens is 1. The zero-order valence-electron chi connectivity index (χ0n) is 12.2. The Morgan fingerprint density at radius 1 is 1.45 bits per heavy atom. The summed E-state index contributed by atoms with van der Waals surface area (Å²) in [6, 6.07) is 5.31. The molecule has 1 atom stereocenters. The first-order valence-electron chi connectivity index (χ1n) is 6.87. The summed E-state index contributed by atoms with van der Waals surface area (Å²) in [5, 5.41) is 6.52. The van der Waals surface area contributed by atoms with Crippen LogP contribution in [0.25, 0.3) is 0 Å². The van der Waals surface area contributed by atoms with Gasteiger partial charge in [-0.2, -0.15) is 5.10 Å². The third kappa shape index (κ3) is 3.59. The molecule has 8 heteroatoms. The smallest absolute Gasteiger partial charge is 0.267 e. The van der Waals surface area contributed by atoms with Crippen LogP contribution in [0.15, 0.2) is 29.2 Å². The Hall–Kier alpha value is -1.60. The summed E-state index contributed by atoms with van der Waals surface area (Å²) in [7, 11) is -4.14. The van der Waals surface area contributed by atoms with E-state index in [9.17, 15) is 12.8 Å². The van der Waals surface area contributed by atoms with E-state index in [1.807, 2.05) is 6.92 Å². The number of halogens is 2. The first-order valence-corrected chi connectivity index (χ1v) is 8.73. The van der Waals surface area contributed by atoms with Gasteiger partial charge in [0.15, 0.2) is 5.82 Å². The highest BCUT2D eigenvalue weighted by Gasteiger charge is 2.24. The van der Waals surface area contributed by atoms with Crippen molar-refractivity contribution >= 4 is 27.4 Å². The van der Waals surface area contributed by atoms with Gasteiger partial charge in [-0.15, -0.1) is 0 Å². The molecule has 0 saturated carbocycles. The van der Waals surface area contributed by atoms with Crippen LogP contribution in [0.1, 0.15) is 38.3 Å². The Labute approximate surface area is 133 Å². The number of anilines is 1. The predicted octanol–water partition coefficient (Wildman–Crippen LogP) is 3.91. The molecule has 1 aromatic carbocycles. The fourth-order valence-electron chi connectivity index (χ4n) is 2.16. The quantitative estimate of drug-likeness (QED) is 0.833. The van der Waals surface area contributed by atoms with Gasteiger partial charge in [-0.25, -0.2) is 12.8 Å². The molecule has 0 saturated heterocycles. The van der Waals surface area contributed by atoms with Crippen LogP contribution in [-0.4, -0.2) is 18.6 Å². The van der Waals surface area contributed by atoms with Crippen molar-refractivity contribution in [3.63, 3.8) is 0 Å². The SMILES string of the molecule is CCC[C@@H](C)c1cc(NS(=O)(=O)c2c(F)cccc2Cl)n[nH]1. The van der Waals surface area contributed by atoms with E-state index in [1.165, 1.54) is 12.1 Å². The molecule has 0 spiro atoms. The van der Waals surface area contributed by atoms with Crippen molar-refractivity contribution in [3.8, 4) is 0 Å². The van der Waals surface area contributed by atoms with Gasteiger partial charge in [-0.1, -0.05) is 37.9 Å². The van der Waals surface area contributed by atoms with Crippen molar-refractivity contribution in [1.29, 1.82) is 0 Å². The molecule has 5 nitrogen and oxygen atoms in total. The van der Waals surface area contributed by atoms with Crippen LogP contribution in [-0.2, 0) is 10.0 Å². The normalized spacial score (nSPS) is 13.1. The number of benzene rings is 1. The lowest BCUT2D eigenvalue weighted by molar-refractivity contribution is 0.570. The minimum Gasteiger partial charge on any atom is -0.280 e. The maximum atomic E-state index is 13.8. The molecule has 0 aliphatic carbocycles. The van der Waals surface area contributed by atoms with Crippen LogP contribution >= 0.6 is 11.6 Å². The summed E-state index contributed by atoms with van der Waals surface area (Å²) in [6.45, 7) is 4.08. The molecular weight excluding hydrogens is 329 g/mol. The zero-order valence-corrected chi connectivity index (χ0v) is 13.8. The fraction of sp³-hybridized carbons (Fsp3) is 0.357. The predicted molar refractivity (Wildman–Crippen MR) is 84.1 cm³/mol. The van der Waals surface area contributed by atoms with Crippen molar-refractivity contribution in [2.24, 2.45) is 0 Å². The number of sulfonamides is 1. The summed E-state index contributed by atoms with van der Waals surface area (Å²) >= 11 is 5.79. The molecule has 0 fully saturated rings. The van der Waals surface area contributed by atoms with E-state index in [0.29, 0.717) is 0 Å². The maximum Gasteiger partial charge on any atom is 0.267 e. The van der Waals surface area contributed by atoms with Gasteiger partial charge >= 0.3 is 0 Å². The van der Waals surface area contributed by atoms with Crippen molar-refractivity contribution in [1.82, 2.24) is 10.2 Å². The highest BCUT2D eigenvalue weighted by Crippen LogP contribution is 2.27. The second-order valence-corrected chi connectivity index (χ2v) is 7.08. The standard InChI is InChI=1S/C14H17ClFN3O2S/c1-3-5-9(2)12-8-13(18-17-12)19-22(20,21)14-10(15)6-4-7-11(14)16/h4,6-9H,3,5H2,1-2H3,(H2,17,18,19)/t9-/m1/s1. The average molecular weight is 346 g/mol. The second-order valence-electron chi connectivity index (χ2n) is 5.05. The lowest BCUT2D eigenvalue weighted by Gasteiger charge is -2.08. The molecule has 0 aliphatic rings. The van der Waals surface area contributed by atoms with Gasteiger partial charge in [0, 0.05) is 11.8 Å². The summed E-state index contributed by atoms with van der Waals surface area (Å²) in [6.07, 6.45) is 1.96. The van der Waals surface area contributed by atoms with E-state index < -0.39 is 20.7 Å². The first-order chi connectivity index (χ1) is 10.3. The Kier molecular flexibility index (Phi) is 5.08. The number of aromatic nitrogens is 2. The molecule has 2 aromatic rings. The molecule has 2 N–H and O–H groups in total. The fourth-order valence-corrected chi connectivity index (χ4v) is 3.76. The molecule has 120 valence electrons. The largest absolute Gasteiger partial charge is 0.280 e. The van der Waals surface area contributed by atoms with E-state index in [1.54, 1.807) is 6.07 Å². The number of nitrogens with zero attached hydrogens (tertiary/aromatic N) is 1. The van der Waals surface area contributed by atoms with Crippen molar-refractivity contribution in [2.45, 2.75) is 37.5 Å². The van der Waals surface area contributed by atoms with Crippen LogP contribution in [0.5, 0.6) is 0 Å². The first kappa shape index (κ1) is 16.8. The number of aromatic amines is 1. The van der Waals surface area contributed by atoms with Gasteiger partial charge in [0.2, 0.25) is 0 Å². The summed E-state index contributed by atoms with van der Waals surface area (Å²) in [5.74, 6) is -0.569. The van der Waals surface area contributed by atoms with Gasteiger partial charge in [0.05, 0.1) is 5.02 Å². The topological polar surface area (TPSA) is 74.8 Å². The summed E-state index contributed by atoms with van der Waals surface area (Å²) in [4.78, 5) is -0.581. The van der Waals surface area contributed by atoms with Crippen LogP contribution in [0.4, 0.5) is 10.2 Å². The van der Waals surface area contributed by atoms with Crippen molar-refractivity contribution in [3.05, 3.63) is 40.8 Å². The van der Waals surface area contributed by atoms with Crippen molar-refractivity contribution < 1.29 is 12.8 Å². The van der Waals surface area contributed by atoms with E-state index in [-0.39, 0.29) is 16.8 Å². The second kappa shape index (κ2) is 6.66. The molecule has 0 aliphatic heterocycles. The van der Waals surface area contributed by atoms with Crippen LogP contribution in [0, 0.1) is 5.82 Å². The van der Waals surface area contributed by atoms with Gasteiger partial charge in [-0.3, -0.25) is 9.82 Å². The molecule has 0 amide bonds. The Morgan fingerprint density at radius 3 is 2.82 bits per heavy atom. The highest BCUT2D eigenvalue weighted by molar-refractivity contribution is 7.92. The molecule has 1 heterocycles. The van der Waals surface area contributed by atoms with Gasteiger partial charge in [-0.05, 0) is 24.5 Å². The lowest BCUT2D eigenvalue weighted by Crippen LogP contribution is -2.15. The van der Waals surface area contributed by atoms with Crippen LogP contribution < -0.4 is 4.72 Å². The minimum absolute atomic E-state index is 0.109. The number of rotatable bonds is 6. The Morgan fingerprint density at radius 2 is 2.18 bits per heavy atom. The van der Waals surface area contributed by atoms with Crippen LogP contribution in [0.2, 0.25) is 5.02 Å². The maximum absolute atomic E-state index is 13.8. The average Bonchev–Trinajstić information content (AvgIpc) is 2.86. The third-order valence-electron chi connectivity index (χ3n) is 3.28. The summed E-state index contributed by atoms with van der Waals surface area (Å²) < 4.78 is 40.5. The van der Waals surface area contributed by atoms with Crippen LogP contribution in [0.3, 0.4) is 0 Å². The molecule has 0 unspecified atom stereocenters. The lowest BCUT2D eigenvalue weighted by atomic mass is 10.0. The molecule has 1 aromatic heterocycles. The highest BCUT2D eigenvalue weighted by atomic mass is 35.5. The number of hydrogen-bond acceptors (Lipinski definition) is 3. The molecule has 0 radical (unpaired) electrons. The van der Waals surface area contributed by atoms with Gasteiger partial charge < -0.3 is 0 Å². The van der Waals surface area contributed by atoms with Gasteiger partial charge in [0.1, 0.15) is 10.7 Å². The van der Waals surface area contributed by atoms with E-state index in [4.69, 9.17) is 11.6 Å². The zero-order chi connectivity index (χ0) is 16.3. The van der Waals surface area contributed by atoms with E-state index >= 15 is 0 Å². The van der Waals surface area contributed by atoms with E-state index in [2.05, 4.69) is 21.8 Å². The van der Waals surface area contributed by atoms with E-state index in [0.717, 1.165) is 24.6 Å². The van der Waals surface area contributed by atoms with Gasteiger partial charge in [0.25, 0.3) is 10.0 Å². The molecular formula is C14H17ClFN3O2S. The number of nitrogens with one attached hydrogen (secondary N) is 2. The third-order valence-corrected chi connectivity index (χ3v) is 5.13. The molecule has 0 bridgehead atoms. The number of hydrogen-bond donors (Lipinski definition) is 2. The summed E-state index contributed by atoms with van der Waals surface area (Å²) in [5.41, 5.74) is 0.819. The monoisotopic (exact) mass is 345 g/mol. The minimum atomic E-state index is -4.14. The van der Waals surface area contributed by atoms with Crippen molar-refractivity contribution in [2.75, 3.05) is 4.72 Å². The Balaban J connectivity index is 2.26. The molecule has 2 rings (SSSR count). The Bertz CT molecular complexity index is 741.